The van der Waals surface area contributed by atoms with E-state index < -0.39 is 15.8 Å². The fourth-order valence-corrected chi connectivity index (χ4v) is 5.48. The van der Waals surface area contributed by atoms with Gasteiger partial charge >= 0.3 is 0 Å². The molecule has 1 amide bonds. The number of sulfonamides is 1. The topological polar surface area (TPSA) is 66.5 Å². The van der Waals surface area contributed by atoms with E-state index in [2.05, 4.69) is 4.72 Å². The highest BCUT2D eigenvalue weighted by Gasteiger charge is 2.31. The molecule has 0 saturated carbocycles. The highest BCUT2D eigenvalue weighted by molar-refractivity contribution is 7.92. The number of hydrogen-bond acceptors (Lipinski definition) is 4. The molecule has 150 valence electrons. The van der Waals surface area contributed by atoms with Crippen molar-refractivity contribution in [3.8, 4) is 0 Å². The third-order valence-corrected chi connectivity index (χ3v) is 7.23. The number of thiophene rings is 1. The molecule has 1 fully saturated rings. The number of nitrogens with one attached hydrogen (secondary N) is 1. The molecule has 29 heavy (non-hydrogen) atoms. The number of anilines is 1. The van der Waals surface area contributed by atoms with E-state index in [1.54, 1.807) is 28.4 Å². The Hall–Kier alpha value is -2.71. The summed E-state index contributed by atoms with van der Waals surface area (Å²) in [5.41, 5.74) is 0.159. The lowest BCUT2D eigenvalue weighted by molar-refractivity contribution is 0.0737. The SMILES string of the molecule is O=C(c1cccc(S(=O)(=O)Nc2ccccc2F)c1)N1CCCC1c1cccs1. The first-order valence-electron chi connectivity index (χ1n) is 9.17. The van der Waals surface area contributed by atoms with E-state index in [1.807, 2.05) is 17.5 Å². The molecule has 1 N–H and O–H groups in total. The van der Waals surface area contributed by atoms with Crippen LogP contribution in [0, 0.1) is 5.82 Å². The van der Waals surface area contributed by atoms with Gasteiger partial charge in [0.05, 0.1) is 16.6 Å². The van der Waals surface area contributed by atoms with Crippen LogP contribution in [0.5, 0.6) is 0 Å². The van der Waals surface area contributed by atoms with Gasteiger partial charge in [0, 0.05) is 17.0 Å². The molecule has 0 bridgehead atoms. The van der Waals surface area contributed by atoms with Crippen LogP contribution in [0.25, 0.3) is 0 Å². The zero-order chi connectivity index (χ0) is 20.4. The minimum atomic E-state index is -4.03. The van der Waals surface area contributed by atoms with E-state index >= 15 is 0 Å². The number of benzene rings is 2. The van der Waals surface area contributed by atoms with Crippen LogP contribution in [0.1, 0.15) is 34.1 Å². The number of likely N-dealkylation sites (tertiary alicyclic amines) is 1. The van der Waals surface area contributed by atoms with Gasteiger partial charge in [0.2, 0.25) is 0 Å². The predicted octanol–water partition coefficient (Wildman–Crippen LogP) is 4.67. The first-order valence-corrected chi connectivity index (χ1v) is 11.5. The molecule has 1 atom stereocenters. The Balaban J connectivity index is 1.60. The largest absolute Gasteiger partial charge is 0.331 e. The monoisotopic (exact) mass is 430 g/mol. The van der Waals surface area contributed by atoms with Gasteiger partial charge in [-0.05, 0) is 54.6 Å². The molecule has 2 heterocycles. The fraction of sp³-hybridized carbons (Fsp3) is 0.190. The first kappa shape index (κ1) is 19.6. The second-order valence-electron chi connectivity index (χ2n) is 6.79. The van der Waals surface area contributed by atoms with Gasteiger partial charge in [0.25, 0.3) is 15.9 Å². The molecule has 1 aliphatic heterocycles. The third kappa shape index (κ3) is 4.04. The zero-order valence-corrected chi connectivity index (χ0v) is 17.0. The Morgan fingerprint density at radius 2 is 1.93 bits per heavy atom. The van der Waals surface area contributed by atoms with Crippen molar-refractivity contribution in [1.29, 1.82) is 0 Å². The Morgan fingerprint density at radius 3 is 2.69 bits per heavy atom. The lowest BCUT2D eigenvalue weighted by atomic mass is 10.1. The maximum Gasteiger partial charge on any atom is 0.262 e. The maximum atomic E-state index is 13.8. The summed E-state index contributed by atoms with van der Waals surface area (Å²) in [7, 11) is -4.03. The summed E-state index contributed by atoms with van der Waals surface area (Å²) in [4.78, 5) is 15.9. The smallest absolute Gasteiger partial charge is 0.262 e. The van der Waals surface area contributed by atoms with Crippen LogP contribution in [0.3, 0.4) is 0 Å². The van der Waals surface area contributed by atoms with Crippen LogP contribution in [0.15, 0.2) is 70.9 Å². The van der Waals surface area contributed by atoms with Crippen molar-refractivity contribution in [2.24, 2.45) is 0 Å². The molecule has 1 aromatic heterocycles. The summed E-state index contributed by atoms with van der Waals surface area (Å²) in [6.07, 6.45) is 1.79. The van der Waals surface area contributed by atoms with Gasteiger partial charge in [0.1, 0.15) is 5.82 Å². The fourth-order valence-electron chi connectivity index (χ4n) is 3.50. The molecule has 5 nitrogen and oxygen atoms in total. The third-order valence-electron chi connectivity index (χ3n) is 4.89. The average Bonchev–Trinajstić information content (AvgIpc) is 3.40. The molecular weight excluding hydrogens is 411 g/mol. The van der Waals surface area contributed by atoms with Crippen LogP contribution in [-0.4, -0.2) is 25.8 Å². The maximum absolute atomic E-state index is 13.8. The normalized spacial score (nSPS) is 16.7. The number of amides is 1. The van der Waals surface area contributed by atoms with Crippen molar-refractivity contribution in [3.05, 3.63) is 82.3 Å². The van der Waals surface area contributed by atoms with Crippen LogP contribution < -0.4 is 4.72 Å². The Labute approximate surface area is 172 Å². The quantitative estimate of drug-likeness (QED) is 0.640. The molecule has 3 aromatic rings. The summed E-state index contributed by atoms with van der Waals surface area (Å²) >= 11 is 1.61. The predicted molar refractivity (Wildman–Crippen MR) is 111 cm³/mol. The van der Waals surface area contributed by atoms with Gasteiger partial charge in [0.15, 0.2) is 0 Å². The van der Waals surface area contributed by atoms with Gasteiger partial charge in [-0.3, -0.25) is 9.52 Å². The average molecular weight is 431 g/mol. The Kier molecular flexibility index (Phi) is 5.38. The molecule has 0 radical (unpaired) electrons. The van der Waals surface area contributed by atoms with E-state index in [-0.39, 0.29) is 22.5 Å². The minimum absolute atomic E-state index is 0.0132. The highest BCUT2D eigenvalue weighted by atomic mass is 32.2. The van der Waals surface area contributed by atoms with Gasteiger partial charge in [-0.2, -0.15) is 0 Å². The lowest BCUT2D eigenvalue weighted by Crippen LogP contribution is -2.30. The van der Waals surface area contributed by atoms with Crippen LogP contribution in [-0.2, 0) is 10.0 Å². The molecule has 1 unspecified atom stereocenters. The van der Waals surface area contributed by atoms with Crippen molar-refractivity contribution in [1.82, 2.24) is 4.90 Å². The van der Waals surface area contributed by atoms with Crippen molar-refractivity contribution in [2.45, 2.75) is 23.8 Å². The molecule has 1 saturated heterocycles. The van der Waals surface area contributed by atoms with Crippen LogP contribution in [0.4, 0.5) is 10.1 Å². The van der Waals surface area contributed by atoms with E-state index in [9.17, 15) is 17.6 Å². The Morgan fingerprint density at radius 1 is 1.10 bits per heavy atom. The van der Waals surface area contributed by atoms with Gasteiger partial charge < -0.3 is 4.90 Å². The molecular formula is C21H19FN2O3S2. The summed E-state index contributed by atoms with van der Waals surface area (Å²) in [5.74, 6) is -0.872. The number of carbonyl (C=O) groups is 1. The number of nitrogens with zero attached hydrogens (tertiary/aromatic N) is 1. The van der Waals surface area contributed by atoms with Gasteiger partial charge in [-0.25, -0.2) is 12.8 Å². The molecule has 4 rings (SSSR count). The molecule has 1 aliphatic rings. The molecule has 2 aromatic carbocycles. The lowest BCUT2D eigenvalue weighted by Gasteiger charge is -2.24. The first-order chi connectivity index (χ1) is 14.0. The van der Waals surface area contributed by atoms with Crippen LogP contribution in [0.2, 0.25) is 0 Å². The number of rotatable bonds is 5. The van der Waals surface area contributed by atoms with E-state index in [0.717, 1.165) is 17.7 Å². The molecule has 0 aliphatic carbocycles. The second kappa shape index (κ2) is 7.96. The van der Waals surface area contributed by atoms with Gasteiger partial charge in [-0.15, -0.1) is 11.3 Å². The van der Waals surface area contributed by atoms with Crippen molar-refractivity contribution < 1.29 is 17.6 Å². The van der Waals surface area contributed by atoms with Gasteiger partial charge in [-0.1, -0.05) is 24.3 Å². The number of carbonyl (C=O) groups excluding carboxylic acids is 1. The van der Waals surface area contributed by atoms with Crippen molar-refractivity contribution in [2.75, 3.05) is 11.3 Å². The highest BCUT2D eigenvalue weighted by Crippen LogP contribution is 2.35. The molecule has 8 heteroatoms. The van der Waals surface area contributed by atoms with Crippen molar-refractivity contribution >= 4 is 33.0 Å². The van der Waals surface area contributed by atoms with Crippen molar-refractivity contribution in [3.63, 3.8) is 0 Å². The second-order valence-corrected chi connectivity index (χ2v) is 9.45. The van der Waals surface area contributed by atoms with E-state index in [1.165, 1.54) is 36.4 Å². The van der Waals surface area contributed by atoms with E-state index in [4.69, 9.17) is 0 Å². The zero-order valence-electron chi connectivity index (χ0n) is 15.4. The molecule has 0 spiro atoms. The Bertz CT molecular complexity index is 1130. The van der Waals surface area contributed by atoms with E-state index in [0.29, 0.717) is 12.1 Å². The summed E-state index contributed by atoms with van der Waals surface area (Å²) in [6, 6.07) is 15.4. The number of halogens is 1. The number of para-hydroxylation sites is 1. The summed E-state index contributed by atoms with van der Waals surface area (Å²) in [5, 5.41) is 1.98. The number of hydrogen-bond donors (Lipinski definition) is 1. The standard InChI is InChI=1S/C21H19FN2O3S2/c22-17-8-1-2-9-18(17)23-29(26,27)16-7-3-6-15(14-16)21(25)24-12-4-10-19(24)20-11-5-13-28-20/h1-3,5-9,11,13-14,19,23H,4,10,12H2. The summed E-state index contributed by atoms with van der Waals surface area (Å²) in [6.45, 7) is 0.631. The summed E-state index contributed by atoms with van der Waals surface area (Å²) < 4.78 is 41.5. The van der Waals surface area contributed by atoms with Crippen LogP contribution >= 0.6 is 11.3 Å². The minimum Gasteiger partial charge on any atom is -0.331 e.